The first kappa shape index (κ1) is 13.6. The highest BCUT2D eigenvalue weighted by molar-refractivity contribution is 7.18. The van der Waals surface area contributed by atoms with E-state index < -0.39 is 0 Å². The summed E-state index contributed by atoms with van der Waals surface area (Å²) >= 11 is 7.74. The fourth-order valence-electron chi connectivity index (χ4n) is 2.07. The van der Waals surface area contributed by atoms with E-state index in [2.05, 4.69) is 36.1 Å². The number of aromatic nitrogens is 2. The van der Waals surface area contributed by atoms with Gasteiger partial charge in [-0.05, 0) is 39.7 Å². The van der Waals surface area contributed by atoms with Gasteiger partial charge in [0, 0.05) is 16.3 Å². The number of hydrogen-bond acceptors (Lipinski definition) is 4. The number of thiophene rings is 1. The van der Waals surface area contributed by atoms with Crippen molar-refractivity contribution < 1.29 is 0 Å². The Morgan fingerprint density at radius 1 is 1.33 bits per heavy atom. The van der Waals surface area contributed by atoms with E-state index in [4.69, 9.17) is 11.6 Å². The van der Waals surface area contributed by atoms with Crippen LogP contribution in [-0.2, 0) is 0 Å². The fraction of sp³-hybridized carbons (Fsp3) is 0.538. The monoisotopic (exact) mass is 283 g/mol. The standard InChI is InChI=1S/C13H18ClN3S/c1-7(14)5-8(2)17-12-11-9(3)10(4)18-13(11)16-6-15-12/h6-8H,5H2,1-4H3,(H,15,16,17). The molecule has 3 nitrogen and oxygen atoms in total. The van der Waals surface area contributed by atoms with Gasteiger partial charge in [-0.3, -0.25) is 0 Å². The van der Waals surface area contributed by atoms with Gasteiger partial charge in [0.2, 0.25) is 0 Å². The molecular formula is C13H18ClN3S. The Bertz CT molecular complexity index is 550. The normalized spacial score (nSPS) is 14.7. The number of hydrogen-bond donors (Lipinski definition) is 1. The van der Waals surface area contributed by atoms with E-state index in [1.807, 2.05) is 6.92 Å². The average molecular weight is 284 g/mol. The molecule has 98 valence electrons. The van der Waals surface area contributed by atoms with E-state index in [1.54, 1.807) is 17.7 Å². The van der Waals surface area contributed by atoms with Crippen molar-refractivity contribution in [1.82, 2.24) is 9.97 Å². The van der Waals surface area contributed by atoms with Crippen LogP contribution in [0, 0.1) is 13.8 Å². The number of nitrogens with one attached hydrogen (secondary N) is 1. The van der Waals surface area contributed by atoms with Crippen molar-refractivity contribution >= 4 is 39.0 Å². The third-order valence-electron chi connectivity index (χ3n) is 3.03. The maximum absolute atomic E-state index is 6.02. The van der Waals surface area contributed by atoms with Crippen LogP contribution in [0.25, 0.3) is 10.2 Å². The minimum Gasteiger partial charge on any atom is -0.367 e. The number of rotatable bonds is 4. The van der Waals surface area contributed by atoms with Crippen LogP contribution >= 0.6 is 22.9 Å². The molecule has 0 aliphatic carbocycles. The molecule has 2 atom stereocenters. The molecule has 0 aliphatic heterocycles. The van der Waals surface area contributed by atoms with Crippen molar-refractivity contribution in [3.63, 3.8) is 0 Å². The first-order chi connectivity index (χ1) is 8.49. The largest absolute Gasteiger partial charge is 0.367 e. The maximum atomic E-state index is 6.02. The molecule has 5 heteroatoms. The molecule has 0 bridgehead atoms. The van der Waals surface area contributed by atoms with Gasteiger partial charge in [-0.2, -0.15) is 0 Å². The van der Waals surface area contributed by atoms with Crippen molar-refractivity contribution in [2.45, 2.75) is 45.5 Å². The molecule has 0 radical (unpaired) electrons. The third-order valence-corrected chi connectivity index (χ3v) is 4.32. The van der Waals surface area contributed by atoms with Crippen LogP contribution in [0.1, 0.15) is 30.7 Å². The second kappa shape index (κ2) is 5.41. The molecule has 2 heterocycles. The van der Waals surface area contributed by atoms with Crippen LogP contribution in [0.4, 0.5) is 5.82 Å². The molecule has 0 aliphatic rings. The number of anilines is 1. The summed E-state index contributed by atoms with van der Waals surface area (Å²) in [5, 5.41) is 4.75. The second-order valence-electron chi connectivity index (χ2n) is 4.75. The highest BCUT2D eigenvalue weighted by Gasteiger charge is 2.14. The lowest BCUT2D eigenvalue weighted by Gasteiger charge is -2.16. The molecule has 0 fully saturated rings. The summed E-state index contributed by atoms with van der Waals surface area (Å²) in [5.41, 5.74) is 1.27. The van der Waals surface area contributed by atoms with E-state index >= 15 is 0 Å². The number of nitrogens with zero attached hydrogens (tertiary/aromatic N) is 2. The Balaban J connectivity index is 2.33. The average Bonchev–Trinajstić information content (AvgIpc) is 2.54. The van der Waals surface area contributed by atoms with Gasteiger partial charge < -0.3 is 5.32 Å². The molecule has 0 saturated heterocycles. The van der Waals surface area contributed by atoms with Crippen LogP contribution in [0.5, 0.6) is 0 Å². The summed E-state index contributed by atoms with van der Waals surface area (Å²) in [6.45, 7) is 8.38. The molecule has 0 amide bonds. The van der Waals surface area contributed by atoms with Crippen LogP contribution in [0.3, 0.4) is 0 Å². The molecule has 1 N–H and O–H groups in total. The number of alkyl halides is 1. The molecule has 0 aromatic carbocycles. The van der Waals surface area contributed by atoms with Gasteiger partial charge in [0.05, 0.1) is 5.39 Å². The lowest BCUT2D eigenvalue weighted by Crippen LogP contribution is -2.19. The number of fused-ring (bicyclic) bond motifs is 1. The predicted octanol–water partition coefficient (Wildman–Crippen LogP) is 4.13. The van der Waals surface area contributed by atoms with E-state index in [1.165, 1.54) is 10.4 Å². The Morgan fingerprint density at radius 2 is 2.06 bits per heavy atom. The summed E-state index contributed by atoms with van der Waals surface area (Å²) < 4.78 is 0. The molecule has 2 aromatic rings. The van der Waals surface area contributed by atoms with Crippen molar-refractivity contribution in [3.05, 3.63) is 16.8 Å². The first-order valence-corrected chi connectivity index (χ1v) is 7.35. The molecular weight excluding hydrogens is 266 g/mol. The van der Waals surface area contributed by atoms with Gasteiger partial charge in [0.15, 0.2) is 0 Å². The highest BCUT2D eigenvalue weighted by Crippen LogP contribution is 2.32. The predicted molar refractivity (Wildman–Crippen MR) is 79.9 cm³/mol. The highest BCUT2D eigenvalue weighted by atomic mass is 35.5. The lowest BCUT2D eigenvalue weighted by atomic mass is 10.1. The summed E-state index contributed by atoms with van der Waals surface area (Å²) in [7, 11) is 0. The SMILES string of the molecule is Cc1sc2ncnc(NC(C)CC(C)Cl)c2c1C. The Kier molecular flexibility index (Phi) is 4.07. The van der Waals surface area contributed by atoms with Crippen LogP contribution < -0.4 is 5.32 Å². The third kappa shape index (κ3) is 2.75. The van der Waals surface area contributed by atoms with Crippen molar-refractivity contribution in [2.24, 2.45) is 0 Å². The molecule has 18 heavy (non-hydrogen) atoms. The fourth-order valence-corrected chi connectivity index (χ4v) is 3.34. The summed E-state index contributed by atoms with van der Waals surface area (Å²) in [5.74, 6) is 0.923. The van der Waals surface area contributed by atoms with Crippen molar-refractivity contribution in [2.75, 3.05) is 5.32 Å². The summed E-state index contributed by atoms with van der Waals surface area (Å²) in [6, 6.07) is 0.301. The Labute approximate surface area is 117 Å². The Hall–Kier alpha value is -0.870. The summed E-state index contributed by atoms with van der Waals surface area (Å²) in [6.07, 6.45) is 2.53. The molecule has 2 rings (SSSR count). The minimum absolute atomic E-state index is 0.162. The number of aryl methyl sites for hydroxylation is 2. The smallest absolute Gasteiger partial charge is 0.138 e. The zero-order chi connectivity index (χ0) is 13.3. The van der Waals surface area contributed by atoms with Gasteiger partial charge in [-0.15, -0.1) is 22.9 Å². The zero-order valence-electron chi connectivity index (χ0n) is 11.1. The van der Waals surface area contributed by atoms with Gasteiger partial charge in [-0.1, -0.05) is 0 Å². The van der Waals surface area contributed by atoms with Gasteiger partial charge in [-0.25, -0.2) is 9.97 Å². The van der Waals surface area contributed by atoms with E-state index in [0.717, 1.165) is 22.5 Å². The van der Waals surface area contributed by atoms with Crippen LogP contribution in [0.2, 0.25) is 0 Å². The van der Waals surface area contributed by atoms with Crippen LogP contribution in [0.15, 0.2) is 6.33 Å². The molecule has 0 spiro atoms. The van der Waals surface area contributed by atoms with Gasteiger partial charge >= 0.3 is 0 Å². The lowest BCUT2D eigenvalue weighted by molar-refractivity contribution is 0.694. The van der Waals surface area contributed by atoms with Crippen LogP contribution in [-0.4, -0.2) is 21.4 Å². The second-order valence-corrected chi connectivity index (χ2v) is 6.70. The topological polar surface area (TPSA) is 37.8 Å². The molecule has 0 saturated carbocycles. The molecule has 2 aromatic heterocycles. The van der Waals surface area contributed by atoms with Crippen molar-refractivity contribution in [3.8, 4) is 0 Å². The maximum Gasteiger partial charge on any atom is 0.138 e. The van der Waals surface area contributed by atoms with E-state index in [0.29, 0.717) is 6.04 Å². The van der Waals surface area contributed by atoms with Gasteiger partial charge in [0.25, 0.3) is 0 Å². The van der Waals surface area contributed by atoms with Gasteiger partial charge in [0.1, 0.15) is 17.0 Å². The minimum atomic E-state index is 0.162. The zero-order valence-corrected chi connectivity index (χ0v) is 12.7. The summed E-state index contributed by atoms with van der Waals surface area (Å²) in [4.78, 5) is 11.1. The van der Waals surface area contributed by atoms with Crippen molar-refractivity contribution in [1.29, 1.82) is 0 Å². The van der Waals surface area contributed by atoms with E-state index in [9.17, 15) is 0 Å². The quantitative estimate of drug-likeness (QED) is 0.858. The number of halogens is 1. The molecule has 2 unspecified atom stereocenters. The Morgan fingerprint density at radius 3 is 2.72 bits per heavy atom. The van der Waals surface area contributed by atoms with E-state index in [-0.39, 0.29) is 5.38 Å². The first-order valence-electron chi connectivity index (χ1n) is 6.10.